The van der Waals surface area contributed by atoms with Crippen LogP contribution in [-0.2, 0) is 0 Å². The predicted molar refractivity (Wildman–Crippen MR) is 218 cm³/mol. The number of rotatable bonds is 11. The van der Waals surface area contributed by atoms with Gasteiger partial charge in [0.15, 0.2) is 0 Å². The van der Waals surface area contributed by atoms with E-state index >= 15 is 0 Å². The van der Waals surface area contributed by atoms with Gasteiger partial charge in [0.05, 0.1) is 0 Å². The molecule has 1 aliphatic rings. The number of hydrogen-bond donors (Lipinski definition) is 0. The zero-order chi connectivity index (χ0) is 36.6. The van der Waals surface area contributed by atoms with E-state index in [-0.39, 0.29) is 0 Å². The molecule has 0 spiro atoms. The van der Waals surface area contributed by atoms with Gasteiger partial charge in [0.2, 0.25) is 0 Å². The van der Waals surface area contributed by atoms with E-state index in [0.717, 1.165) is 31.6 Å². The molecule has 0 aliphatic heterocycles. The summed E-state index contributed by atoms with van der Waals surface area (Å²) in [7, 11) is 0. The van der Waals surface area contributed by atoms with E-state index in [4.69, 9.17) is 0 Å². The fourth-order valence-corrected chi connectivity index (χ4v) is 3.27. The van der Waals surface area contributed by atoms with E-state index in [1.54, 1.807) is 0 Å². The van der Waals surface area contributed by atoms with Gasteiger partial charge in [-0.05, 0) is 38.5 Å². The van der Waals surface area contributed by atoms with Crippen molar-refractivity contribution in [2.45, 2.75) is 206 Å². The minimum absolute atomic E-state index is 0.543. The fraction of sp³-hybridized carbons (Fsp3) is 0.787. The zero-order valence-electron chi connectivity index (χ0n) is 34.5. The molecule has 1 rings (SSSR count). The van der Waals surface area contributed by atoms with Crippen LogP contribution in [0.25, 0.3) is 0 Å². The highest BCUT2D eigenvalue weighted by Gasteiger charge is 2.17. The van der Waals surface area contributed by atoms with Gasteiger partial charge in [0.25, 0.3) is 0 Å². The predicted octanol–water partition coefficient (Wildman–Crippen LogP) is 14.6. The average Bonchev–Trinajstić information content (AvgIpc) is 3.84. The van der Waals surface area contributed by atoms with E-state index < -0.39 is 0 Å². The summed E-state index contributed by atoms with van der Waals surface area (Å²) >= 11 is 0. The summed E-state index contributed by atoms with van der Waals surface area (Å²) in [5.41, 5.74) is 0. The Balaban J connectivity index is -0.000000246. The maximum Gasteiger partial charge on any atom is 0.0203 e. The summed E-state index contributed by atoms with van der Waals surface area (Å²) in [4.78, 5) is 0. The van der Waals surface area contributed by atoms with Crippen molar-refractivity contribution >= 4 is 0 Å². The van der Waals surface area contributed by atoms with Crippen LogP contribution in [0, 0.1) is 94.7 Å². The molecule has 0 unspecified atom stereocenters. The molecule has 0 N–H and O–H groups in total. The SMILES string of the molecule is CC(C)C#CC1CC1.CCCCC#CC(C)C.CCCCCC#CC(C)C.CCCCCC#CC(C)C.CCCCCC#CC(C)C. The fourth-order valence-electron chi connectivity index (χ4n) is 3.27. The monoisotopic (exact) mass is 647 g/mol. The first kappa shape index (κ1) is 51.6. The van der Waals surface area contributed by atoms with Gasteiger partial charge in [-0.2, -0.15) is 0 Å². The topological polar surface area (TPSA) is 0 Å². The second-order valence-corrected chi connectivity index (χ2v) is 14.1. The molecule has 0 aromatic carbocycles. The summed E-state index contributed by atoms with van der Waals surface area (Å²) in [6, 6.07) is 0. The average molecular weight is 647 g/mol. The van der Waals surface area contributed by atoms with E-state index in [2.05, 4.69) is 156 Å². The van der Waals surface area contributed by atoms with E-state index in [9.17, 15) is 0 Å². The highest BCUT2D eigenvalue weighted by Crippen LogP contribution is 2.27. The largest absolute Gasteiger partial charge is 0.103 e. The highest BCUT2D eigenvalue weighted by atomic mass is 14.2. The second kappa shape index (κ2) is 43.8. The molecule has 0 amide bonds. The lowest BCUT2D eigenvalue weighted by Crippen LogP contribution is -1.78. The van der Waals surface area contributed by atoms with Gasteiger partial charge in [-0.1, -0.05) is 148 Å². The smallest absolute Gasteiger partial charge is 0.0203 e. The summed E-state index contributed by atoms with van der Waals surface area (Å²) in [6.07, 6.45) is 21.2. The summed E-state index contributed by atoms with van der Waals surface area (Å²) < 4.78 is 0. The molecule has 0 aromatic rings. The van der Waals surface area contributed by atoms with Gasteiger partial charge in [0.1, 0.15) is 0 Å². The number of unbranched alkanes of at least 4 members (excludes halogenated alkanes) is 11. The third-order valence-corrected chi connectivity index (χ3v) is 6.09. The maximum absolute atomic E-state index is 3.21. The molecule has 1 saturated carbocycles. The van der Waals surface area contributed by atoms with Gasteiger partial charge in [-0.15, -0.1) is 53.3 Å². The Morgan fingerprint density at radius 3 is 0.830 bits per heavy atom. The van der Waals surface area contributed by atoms with E-state index in [0.29, 0.717) is 29.6 Å². The summed E-state index contributed by atoms with van der Waals surface area (Å²) in [5, 5.41) is 0. The van der Waals surface area contributed by atoms with Gasteiger partial charge in [0, 0.05) is 61.2 Å². The molecule has 0 heterocycles. The molecule has 47 heavy (non-hydrogen) atoms. The van der Waals surface area contributed by atoms with Crippen LogP contribution in [0.3, 0.4) is 0 Å². The van der Waals surface area contributed by atoms with E-state index in [1.165, 1.54) is 83.5 Å². The van der Waals surface area contributed by atoms with Crippen molar-refractivity contribution in [3.05, 3.63) is 0 Å². The minimum Gasteiger partial charge on any atom is -0.103 e. The lowest BCUT2D eigenvalue weighted by molar-refractivity contribution is 0.735. The van der Waals surface area contributed by atoms with E-state index in [1.807, 2.05) is 0 Å². The second-order valence-electron chi connectivity index (χ2n) is 14.1. The van der Waals surface area contributed by atoms with Crippen LogP contribution in [0.4, 0.5) is 0 Å². The minimum atomic E-state index is 0.543. The van der Waals surface area contributed by atoms with Gasteiger partial charge in [-0.25, -0.2) is 0 Å². The standard InChI is InChI=1S/3C10H18.C9H16.C8H12/c3*1-4-5-6-7-8-9-10(2)3;1-4-5-6-7-8-9(2)3;1-7(2)3-4-8-5-6-8/h3*10H,4-7H2,1-3H3;9H,4-6H2,1-3H3;7-8H,5-6H2,1-2H3. The van der Waals surface area contributed by atoms with Crippen LogP contribution in [0.15, 0.2) is 0 Å². The van der Waals surface area contributed by atoms with Gasteiger partial charge in [-0.3, -0.25) is 0 Å². The first-order valence-electron chi connectivity index (χ1n) is 19.8. The Kier molecular flexibility index (Phi) is 48.1. The van der Waals surface area contributed by atoms with Crippen LogP contribution in [0.5, 0.6) is 0 Å². The van der Waals surface area contributed by atoms with Crippen molar-refractivity contribution in [3.8, 4) is 59.2 Å². The zero-order valence-corrected chi connectivity index (χ0v) is 34.5. The summed E-state index contributed by atoms with van der Waals surface area (Å²) in [5.74, 6) is 35.1. The molecule has 0 saturated heterocycles. The molecule has 0 heteroatoms. The molecule has 0 atom stereocenters. The van der Waals surface area contributed by atoms with Crippen molar-refractivity contribution in [3.63, 3.8) is 0 Å². The molecule has 0 nitrogen and oxygen atoms in total. The van der Waals surface area contributed by atoms with Gasteiger partial charge >= 0.3 is 0 Å². The Morgan fingerprint density at radius 1 is 0.362 bits per heavy atom. The molecular formula is C47H82. The lowest BCUT2D eigenvalue weighted by Gasteiger charge is -1.90. The normalized spacial score (nSPS) is 10.6. The van der Waals surface area contributed by atoms with Crippen molar-refractivity contribution in [1.82, 2.24) is 0 Å². The Labute approximate surface area is 300 Å². The molecular weight excluding hydrogens is 565 g/mol. The Hall–Kier alpha value is -2.20. The Bertz CT molecular complexity index is 844. The molecule has 0 aromatic heterocycles. The number of hydrogen-bond acceptors (Lipinski definition) is 0. The van der Waals surface area contributed by atoms with Crippen molar-refractivity contribution < 1.29 is 0 Å². The van der Waals surface area contributed by atoms with Crippen LogP contribution >= 0.6 is 0 Å². The van der Waals surface area contributed by atoms with Crippen LogP contribution in [0.1, 0.15) is 206 Å². The first-order valence-corrected chi connectivity index (χ1v) is 19.8. The molecule has 270 valence electrons. The van der Waals surface area contributed by atoms with Crippen LogP contribution in [0.2, 0.25) is 0 Å². The van der Waals surface area contributed by atoms with Crippen molar-refractivity contribution in [1.29, 1.82) is 0 Å². The lowest BCUT2D eigenvalue weighted by atomic mass is 10.2. The Morgan fingerprint density at radius 2 is 0.617 bits per heavy atom. The third kappa shape index (κ3) is 71.1. The quantitative estimate of drug-likeness (QED) is 0.155. The van der Waals surface area contributed by atoms with Crippen LogP contribution < -0.4 is 0 Å². The highest BCUT2D eigenvalue weighted by molar-refractivity contribution is 5.10. The first-order chi connectivity index (χ1) is 22.4. The molecule has 1 fully saturated rings. The third-order valence-electron chi connectivity index (χ3n) is 6.09. The van der Waals surface area contributed by atoms with Crippen LogP contribution in [-0.4, -0.2) is 0 Å². The molecule has 0 radical (unpaired) electrons. The van der Waals surface area contributed by atoms with Gasteiger partial charge < -0.3 is 0 Å². The molecule has 1 aliphatic carbocycles. The molecule has 0 bridgehead atoms. The summed E-state index contributed by atoms with van der Waals surface area (Å²) in [6.45, 7) is 30.2. The maximum atomic E-state index is 3.21. The van der Waals surface area contributed by atoms with Crippen molar-refractivity contribution in [2.75, 3.05) is 0 Å². The van der Waals surface area contributed by atoms with Crippen molar-refractivity contribution in [2.24, 2.45) is 35.5 Å².